The van der Waals surface area contributed by atoms with Gasteiger partial charge in [-0.2, -0.15) is 0 Å². The van der Waals surface area contributed by atoms with E-state index in [-0.39, 0.29) is 0 Å². The second kappa shape index (κ2) is 5.05. The molecule has 2 aromatic rings. The van der Waals surface area contributed by atoms with E-state index in [0.29, 0.717) is 11.7 Å². The van der Waals surface area contributed by atoms with E-state index in [1.807, 2.05) is 18.2 Å². The van der Waals surface area contributed by atoms with Gasteiger partial charge in [-0.3, -0.25) is 0 Å². The second-order valence-corrected chi connectivity index (χ2v) is 4.66. The summed E-state index contributed by atoms with van der Waals surface area (Å²) < 4.78 is 0. The van der Waals surface area contributed by atoms with Gasteiger partial charge in [-0.1, -0.05) is 56.3 Å². The fraction of sp³-hybridized carbons (Fsp3) is 0.250. The van der Waals surface area contributed by atoms with Crippen LogP contribution >= 0.6 is 0 Å². The van der Waals surface area contributed by atoms with Crippen LogP contribution in [0.2, 0.25) is 0 Å². The van der Waals surface area contributed by atoms with Crippen LogP contribution < -0.4 is 0 Å². The van der Waals surface area contributed by atoms with Crippen molar-refractivity contribution >= 4 is 0 Å². The fourth-order valence-corrected chi connectivity index (χ4v) is 1.81. The maximum absolute atomic E-state index is 9.28. The standard InChI is InChI=1S/C9H12O.C7H6/c1-7(2)8-5-3-4-6-9(8)10;1-2-4-7-5-6(7)3-1/h3-7,10H,1-2H3;1-4H,5H2. The number of para-hydroxylation sites is 1. The Morgan fingerprint density at radius 1 is 0.882 bits per heavy atom. The van der Waals surface area contributed by atoms with Gasteiger partial charge in [-0.05, 0) is 35.1 Å². The van der Waals surface area contributed by atoms with Crippen molar-refractivity contribution in [2.24, 2.45) is 0 Å². The normalized spacial score (nSPS) is 11.5. The lowest BCUT2D eigenvalue weighted by Crippen LogP contribution is -1.85. The van der Waals surface area contributed by atoms with Crippen molar-refractivity contribution in [1.82, 2.24) is 0 Å². The lowest BCUT2D eigenvalue weighted by atomic mass is 10.0. The largest absolute Gasteiger partial charge is 0.508 e. The predicted molar refractivity (Wildman–Crippen MR) is 71.4 cm³/mol. The molecule has 88 valence electrons. The minimum atomic E-state index is 0.400. The zero-order chi connectivity index (χ0) is 12.3. The molecule has 0 unspecified atom stereocenters. The van der Waals surface area contributed by atoms with Gasteiger partial charge in [0.2, 0.25) is 0 Å². The molecule has 0 radical (unpaired) electrons. The highest BCUT2D eigenvalue weighted by atomic mass is 16.3. The molecule has 1 aliphatic carbocycles. The Hall–Kier alpha value is -1.76. The summed E-state index contributed by atoms with van der Waals surface area (Å²) in [5.74, 6) is 0.804. The summed E-state index contributed by atoms with van der Waals surface area (Å²) in [6.07, 6.45) is 1.24. The first kappa shape index (κ1) is 11.7. The van der Waals surface area contributed by atoms with Crippen LogP contribution in [0.25, 0.3) is 0 Å². The summed E-state index contributed by atoms with van der Waals surface area (Å²) in [6, 6.07) is 16.0. The number of hydrogen-bond donors (Lipinski definition) is 1. The van der Waals surface area contributed by atoms with E-state index in [1.54, 1.807) is 6.07 Å². The monoisotopic (exact) mass is 226 g/mol. The van der Waals surface area contributed by atoms with Gasteiger partial charge in [0.05, 0.1) is 0 Å². The Balaban J connectivity index is 0.000000134. The quantitative estimate of drug-likeness (QED) is 0.662. The summed E-state index contributed by atoms with van der Waals surface area (Å²) in [5.41, 5.74) is 4.08. The minimum absolute atomic E-state index is 0.400. The maximum atomic E-state index is 9.28. The van der Waals surface area contributed by atoms with Crippen LogP contribution in [-0.4, -0.2) is 5.11 Å². The van der Waals surface area contributed by atoms with Crippen LogP contribution in [-0.2, 0) is 6.42 Å². The number of hydrogen-bond acceptors (Lipinski definition) is 1. The molecule has 1 N–H and O–H groups in total. The van der Waals surface area contributed by atoms with Crippen molar-refractivity contribution < 1.29 is 5.11 Å². The molecule has 0 amide bonds. The Morgan fingerprint density at radius 3 is 1.82 bits per heavy atom. The zero-order valence-electron chi connectivity index (χ0n) is 10.4. The first-order chi connectivity index (χ1) is 8.18. The Morgan fingerprint density at radius 2 is 1.41 bits per heavy atom. The molecule has 2 aromatic carbocycles. The molecular weight excluding hydrogens is 208 g/mol. The highest BCUT2D eigenvalue weighted by molar-refractivity contribution is 5.44. The van der Waals surface area contributed by atoms with E-state index in [0.717, 1.165) is 5.56 Å². The number of fused-ring (bicyclic) bond motifs is 1. The highest BCUT2D eigenvalue weighted by Crippen LogP contribution is 2.25. The number of benzene rings is 2. The van der Waals surface area contributed by atoms with Crippen LogP contribution in [0.3, 0.4) is 0 Å². The average Bonchev–Trinajstić information content (AvgIpc) is 3.09. The van der Waals surface area contributed by atoms with Gasteiger partial charge in [0.1, 0.15) is 5.75 Å². The van der Waals surface area contributed by atoms with Crippen molar-refractivity contribution in [3.8, 4) is 5.75 Å². The summed E-state index contributed by atoms with van der Waals surface area (Å²) in [7, 11) is 0. The van der Waals surface area contributed by atoms with Crippen LogP contribution in [0.15, 0.2) is 48.5 Å². The van der Waals surface area contributed by atoms with Gasteiger partial charge in [-0.15, -0.1) is 0 Å². The fourth-order valence-electron chi connectivity index (χ4n) is 1.81. The highest BCUT2D eigenvalue weighted by Gasteiger charge is 2.12. The average molecular weight is 226 g/mol. The van der Waals surface area contributed by atoms with Crippen molar-refractivity contribution in [2.75, 3.05) is 0 Å². The Bertz CT molecular complexity index is 479. The number of phenolic OH excluding ortho intramolecular Hbond substituents is 1. The van der Waals surface area contributed by atoms with Crippen LogP contribution in [0, 0.1) is 0 Å². The molecule has 0 saturated carbocycles. The predicted octanol–water partition coefficient (Wildman–Crippen LogP) is 4.11. The van der Waals surface area contributed by atoms with Crippen LogP contribution in [0.1, 0.15) is 36.5 Å². The molecular formula is C16H18O. The van der Waals surface area contributed by atoms with E-state index >= 15 is 0 Å². The topological polar surface area (TPSA) is 20.2 Å². The molecule has 0 fully saturated rings. The number of phenols is 1. The molecule has 0 bridgehead atoms. The summed E-state index contributed by atoms with van der Waals surface area (Å²) >= 11 is 0. The maximum Gasteiger partial charge on any atom is 0.119 e. The lowest BCUT2D eigenvalue weighted by Gasteiger charge is -2.05. The number of aromatic hydroxyl groups is 1. The summed E-state index contributed by atoms with van der Waals surface area (Å²) in [6.45, 7) is 4.13. The molecule has 0 atom stereocenters. The number of rotatable bonds is 1. The second-order valence-electron chi connectivity index (χ2n) is 4.66. The Kier molecular flexibility index (Phi) is 3.48. The van der Waals surface area contributed by atoms with Crippen molar-refractivity contribution in [3.63, 3.8) is 0 Å². The molecule has 3 rings (SSSR count). The first-order valence-electron chi connectivity index (χ1n) is 6.03. The van der Waals surface area contributed by atoms with Crippen LogP contribution in [0.4, 0.5) is 0 Å². The van der Waals surface area contributed by atoms with Gasteiger partial charge >= 0.3 is 0 Å². The molecule has 1 aliphatic rings. The third kappa shape index (κ3) is 3.10. The zero-order valence-corrected chi connectivity index (χ0v) is 10.4. The van der Waals surface area contributed by atoms with E-state index in [2.05, 4.69) is 38.1 Å². The van der Waals surface area contributed by atoms with Crippen molar-refractivity contribution in [2.45, 2.75) is 26.2 Å². The van der Waals surface area contributed by atoms with Crippen LogP contribution in [0.5, 0.6) is 5.75 Å². The SMILES string of the molecule is CC(C)c1ccccc1O.c1ccc2c(c1)C2. The lowest BCUT2D eigenvalue weighted by molar-refractivity contribution is 0.465. The molecule has 0 aliphatic heterocycles. The Labute approximate surface area is 103 Å². The van der Waals surface area contributed by atoms with E-state index in [1.165, 1.54) is 17.5 Å². The molecule has 1 nitrogen and oxygen atoms in total. The van der Waals surface area contributed by atoms with Gasteiger partial charge in [0.15, 0.2) is 0 Å². The molecule has 0 spiro atoms. The van der Waals surface area contributed by atoms with Gasteiger partial charge < -0.3 is 5.11 Å². The summed E-state index contributed by atoms with van der Waals surface area (Å²) in [5, 5.41) is 9.28. The molecule has 0 aromatic heterocycles. The summed E-state index contributed by atoms with van der Waals surface area (Å²) in [4.78, 5) is 0. The third-order valence-electron chi connectivity index (χ3n) is 2.93. The smallest absolute Gasteiger partial charge is 0.119 e. The van der Waals surface area contributed by atoms with Crippen molar-refractivity contribution in [3.05, 3.63) is 65.2 Å². The third-order valence-corrected chi connectivity index (χ3v) is 2.93. The van der Waals surface area contributed by atoms with Crippen molar-refractivity contribution in [1.29, 1.82) is 0 Å². The van der Waals surface area contributed by atoms with Gasteiger partial charge in [-0.25, -0.2) is 0 Å². The molecule has 0 saturated heterocycles. The van der Waals surface area contributed by atoms with E-state index in [4.69, 9.17) is 0 Å². The molecule has 0 heterocycles. The van der Waals surface area contributed by atoms with Gasteiger partial charge in [0, 0.05) is 0 Å². The van der Waals surface area contributed by atoms with E-state index in [9.17, 15) is 5.11 Å². The first-order valence-corrected chi connectivity index (χ1v) is 6.03. The molecule has 1 heteroatoms. The van der Waals surface area contributed by atoms with Gasteiger partial charge in [0.25, 0.3) is 0 Å². The molecule has 17 heavy (non-hydrogen) atoms. The minimum Gasteiger partial charge on any atom is -0.508 e. The van der Waals surface area contributed by atoms with E-state index < -0.39 is 0 Å².